The highest BCUT2D eigenvalue weighted by molar-refractivity contribution is 5.81. The van der Waals surface area contributed by atoms with Gasteiger partial charge in [0.15, 0.2) is 17.6 Å². The van der Waals surface area contributed by atoms with Gasteiger partial charge in [-0.05, 0) is 55.7 Å². The number of likely N-dealkylation sites (tertiary alicyclic amines) is 1. The van der Waals surface area contributed by atoms with Crippen molar-refractivity contribution in [2.75, 3.05) is 25.5 Å². The second-order valence-electron chi connectivity index (χ2n) is 8.08. The van der Waals surface area contributed by atoms with Crippen molar-refractivity contribution in [2.24, 2.45) is 0 Å². The molecule has 2 aromatic heterocycles. The summed E-state index contributed by atoms with van der Waals surface area (Å²) in [5.74, 6) is 2.39. The van der Waals surface area contributed by atoms with Crippen LogP contribution in [0.2, 0.25) is 0 Å². The fourth-order valence-electron chi connectivity index (χ4n) is 4.08. The first-order valence-corrected chi connectivity index (χ1v) is 11.4. The Hall–Kier alpha value is -3.61. The topological polar surface area (TPSA) is 76.6 Å². The molecule has 0 radical (unpaired) electrons. The average Bonchev–Trinajstić information content (AvgIpc) is 2.88. The summed E-state index contributed by atoms with van der Waals surface area (Å²) in [5, 5.41) is 3.25. The Balaban J connectivity index is 1.32. The van der Waals surface area contributed by atoms with E-state index in [1.165, 1.54) is 0 Å². The van der Waals surface area contributed by atoms with Gasteiger partial charge >= 0.3 is 0 Å². The molecule has 0 spiro atoms. The molecule has 0 aliphatic carbocycles. The van der Waals surface area contributed by atoms with Crippen LogP contribution in [0.4, 0.5) is 11.5 Å². The smallest absolute Gasteiger partial charge is 0.263 e. The van der Waals surface area contributed by atoms with Gasteiger partial charge in [0.2, 0.25) is 0 Å². The predicted octanol–water partition coefficient (Wildman–Crippen LogP) is 4.79. The Labute approximate surface area is 194 Å². The van der Waals surface area contributed by atoms with Gasteiger partial charge in [0.05, 0.1) is 19.0 Å². The third kappa shape index (κ3) is 5.61. The Morgan fingerprint density at radius 1 is 1.06 bits per heavy atom. The number of hydrogen-bond donors (Lipinski definition) is 1. The number of ether oxygens (including phenoxy) is 2. The number of rotatable bonds is 8. The fourth-order valence-corrected chi connectivity index (χ4v) is 4.08. The largest absolute Gasteiger partial charge is 0.493 e. The Morgan fingerprint density at radius 2 is 1.82 bits per heavy atom. The SMILES string of the molecule is CC[C@H](Oc1ccccc1OC)C(=O)N1CCC(c2ccc(Nc3ccccn3)cn2)CC1. The summed E-state index contributed by atoms with van der Waals surface area (Å²) in [7, 11) is 1.60. The lowest BCUT2D eigenvalue weighted by Gasteiger charge is -2.34. The lowest BCUT2D eigenvalue weighted by molar-refractivity contribution is -0.140. The van der Waals surface area contributed by atoms with E-state index in [4.69, 9.17) is 9.47 Å². The second-order valence-corrected chi connectivity index (χ2v) is 8.08. The molecule has 1 aromatic carbocycles. The van der Waals surface area contributed by atoms with Gasteiger partial charge < -0.3 is 19.7 Å². The molecular weight excluding hydrogens is 416 g/mol. The molecule has 0 bridgehead atoms. The van der Waals surface area contributed by atoms with E-state index in [1.807, 2.05) is 66.6 Å². The van der Waals surface area contributed by atoms with Gasteiger partial charge in [-0.15, -0.1) is 0 Å². The lowest BCUT2D eigenvalue weighted by atomic mass is 9.92. The number of methoxy groups -OCH3 is 1. The summed E-state index contributed by atoms with van der Waals surface area (Å²) in [5.41, 5.74) is 1.97. The number of para-hydroxylation sites is 2. The standard InChI is InChI=1S/C26H30N4O3/c1-3-22(33-24-9-5-4-8-23(24)32-2)26(31)30-16-13-19(14-17-30)21-12-11-20(18-28-21)29-25-10-6-7-15-27-25/h4-12,15,18-19,22H,3,13-14,16-17H2,1-2H3,(H,27,29)/t22-/m0/s1. The summed E-state index contributed by atoms with van der Waals surface area (Å²) in [4.78, 5) is 24.0. The molecule has 3 heterocycles. The Kier molecular flexibility index (Phi) is 7.40. The average molecular weight is 447 g/mol. The lowest BCUT2D eigenvalue weighted by Crippen LogP contribution is -2.45. The number of carbonyl (C=O) groups is 1. The zero-order valence-corrected chi connectivity index (χ0v) is 19.1. The zero-order valence-electron chi connectivity index (χ0n) is 19.1. The van der Waals surface area contributed by atoms with E-state index >= 15 is 0 Å². The Morgan fingerprint density at radius 3 is 2.45 bits per heavy atom. The highest BCUT2D eigenvalue weighted by atomic mass is 16.5. The van der Waals surface area contributed by atoms with Crippen LogP contribution < -0.4 is 14.8 Å². The maximum Gasteiger partial charge on any atom is 0.263 e. The fraction of sp³-hybridized carbons (Fsp3) is 0.346. The normalized spacial score (nSPS) is 15.0. The van der Waals surface area contributed by atoms with Gasteiger partial charge in [-0.3, -0.25) is 9.78 Å². The number of aromatic nitrogens is 2. The maximum atomic E-state index is 13.1. The van der Waals surface area contributed by atoms with Crippen molar-refractivity contribution >= 4 is 17.4 Å². The van der Waals surface area contributed by atoms with Gasteiger partial charge in [0.25, 0.3) is 5.91 Å². The van der Waals surface area contributed by atoms with Crippen molar-refractivity contribution in [3.8, 4) is 11.5 Å². The molecular formula is C26H30N4O3. The maximum absolute atomic E-state index is 13.1. The number of piperidine rings is 1. The number of benzene rings is 1. The van der Waals surface area contributed by atoms with Gasteiger partial charge in [-0.1, -0.05) is 25.1 Å². The monoisotopic (exact) mass is 446 g/mol. The minimum atomic E-state index is -0.520. The number of anilines is 2. The molecule has 33 heavy (non-hydrogen) atoms. The molecule has 3 aromatic rings. The van der Waals surface area contributed by atoms with Gasteiger partial charge in [-0.25, -0.2) is 4.98 Å². The second kappa shape index (κ2) is 10.8. The molecule has 0 unspecified atom stereocenters. The summed E-state index contributed by atoms with van der Waals surface area (Å²) in [6.45, 7) is 3.37. The number of hydrogen-bond acceptors (Lipinski definition) is 6. The summed E-state index contributed by atoms with van der Waals surface area (Å²) in [6.07, 6.45) is 5.45. The molecule has 172 valence electrons. The van der Waals surface area contributed by atoms with E-state index in [-0.39, 0.29) is 5.91 Å². The van der Waals surface area contributed by atoms with E-state index in [1.54, 1.807) is 13.3 Å². The van der Waals surface area contributed by atoms with E-state index < -0.39 is 6.10 Å². The van der Waals surface area contributed by atoms with Gasteiger partial charge in [0.1, 0.15) is 5.82 Å². The van der Waals surface area contributed by atoms with Crippen molar-refractivity contribution in [3.05, 3.63) is 72.7 Å². The van der Waals surface area contributed by atoms with Crippen molar-refractivity contribution in [3.63, 3.8) is 0 Å². The highest BCUT2D eigenvalue weighted by Crippen LogP contribution is 2.30. The van der Waals surface area contributed by atoms with Crippen LogP contribution >= 0.6 is 0 Å². The van der Waals surface area contributed by atoms with E-state index in [0.717, 1.165) is 30.0 Å². The van der Waals surface area contributed by atoms with Crippen LogP contribution in [-0.2, 0) is 4.79 Å². The molecule has 1 saturated heterocycles. The van der Waals surface area contributed by atoms with Crippen molar-refractivity contribution in [1.29, 1.82) is 0 Å². The molecule has 7 heteroatoms. The van der Waals surface area contributed by atoms with Crippen LogP contribution in [0.15, 0.2) is 67.0 Å². The number of carbonyl (C=O) groups excluding carboxylic acids is 1. The molecule has 4 rings (SSSR count). The first-order chi connectivity index (χ1) is 16.2. The van der Waals surface area contributed by atoms with E-state index in [9.17, 15) is 4.79 Å². The highest BCUT2D eigenvalue weighted by Gasteiger charge is 2.30. The molecule has 1 atom stereocenters. The number of amides is 1. The van der Waals surface area contributed by atoms with Crippen molar-refractivity contribution in [1.82, 2.24) is 14.9 Å². The van der Waals surface area contributed by atoms with Crippen LogP contribution in [-0.4, -0.2) is 47.1 Å². The Bertz CT molecular complexity index is 1030. The molecule has 1 aliphatic rings. The van der Waals surface area contributed by atoms with Crippen LogP contribution in [0.3, 0.4) is 0 Å². The zero-order chi connectivity index (χ0) is 23.0. The summed E-state index contributed by atoms with van der Waals surface area (Å²) >= 11 is 0. The van der Waals surface area contributed by atoms with Crippen molar-refractivity contribution in [2.45, 2.75) is 38.2 Å². The van der Waals surface area contributed by atoms with Crippen LogP contribution in [0.1, 0.15) is 37.8 Å². The third-order valence-corrected chi connectivity index (χ3v) is 5.93. The van der Waals surface area contributed by atoms with Gasteiger partial charge in [0, 0.05) is 30.9 Å². The summed E-state index contributed by atoms with van der Waals surface area (Å²) < 4.78 is 11.4. The molecule has 1 amide bonds. The van der Waals surface area contributed by atoms with Crippen LogP contribution in [0.25, 0.3) is 0 Å². The molecule has 1 N–H and O–H groups in total. The minimum Gasteiger partial charge on any atom is -0.493 e. The number of nitrogens with one attached hydrogen (secondary N) is 1. The molecule has 1 fully saturated rings. The quantitative estimate of drug-likeness (QED) is 0.536. The van der Waals surface area contributed by atoms with Crippen LogP contribution in [0, 0.1) is 0 Å². The number of pyridine rings is 2. The van der Waals surface area contributed by atoms with Crippen molar-refractivity contribution < 1.29 is 14.3 Å². The third-order valence-electron chi connectivity index (χ3n) is 5.93. The molecule has 0 saturated carbocycles. The van der Waals surface area contributed by atoms with Crippen LogP contribution in [0.5, 0.6) is 11.5 Å². The van der Waals surface area contributed by atoms with E-state index in [2.05, 4.69) is 21.4 Å². The molecule has 1 aliphatic heterocycles. The first kappa shape index (κ1) is 22.6. The number of nitrogens with zero attached hydrogens (tertiary/aromatic N) is 3. The predicted molar refractivity (Wildman–Crippen MR) is 128 cm³/mol. The molecule has 7 nitrogen and oxygen atoms in total. The summed E-state index contributed by atoms with van der Waals surface area (Å²) in [6, 6.07) is 17.3. The van der Waals surface area contributed by atoms with Gasteiger partial charge in [-0.2, -0.15) is 0 Å². The first-order valence-electron chi connectivity index (χ1n) is 11.4. The van der Waals surface area contributed by atoms with E-state index in [0.29, 0.717) is 36.9 Å². The minimum absolute atomic E-state index is 0.0322.